The van der Waals surface area contributed by atoms with Gasteiger partial charge >= 0.3 is 29.2 Å². The van der Waals surface area contributed by atoms with Crippen LogP contribution in [0, 0.1) is 5.82 Å². The highest BCUT2D eigenvalue weighted by atomic mass is 31.3. The van der Waals surface area contributed by atoms with Gasteiger partial charge in [-0.05, 0) is 0 Å². The molecule has 0 aliphatic carbocycles. The SMILES string of the molecule is O=c1[nH]c(=O)n(OP(=O)(O)OP(=O)(O)OP(=O)(O)O)cc1F. The van der Waals surface area contributed by atoms with Gasteiger partial charge in [-0.3, -0.25) is 14.7 Å². The van der Waals surface area contributed by atoms with Crippen molar-refractivity contribution in [3.8, 4) is 0 Å². The van der Waals surface area contributed by atoms with Crippen LogP contribution in [0.15, 0.2) is 15.8 Å². The average Bonchev–Trinajstić information content (AvgIpc) is 2.19. The first kappa shape index (κ1) is 18.9. The summed E-state index contributed by atoms with van der Waals surface area (Å²) in [6.45, 7) is 0. The Morgan fingerprint density at radius 2 is 1.59 bits per heavy atom. The summed E-state index contributed by atoms with van der Waals surface area (Å²) in [5, 5.41) is 0. The van der Waals surface area contributed by atoms with Crippen LogP contribution in [-0.2, 0) is 22.3 Å². The molecule has 0 bridgehead atoms. The molecule has 126 valence electrons. The molecular formula is C4H6FN2O12P3. The summed E-state index contributed by atoms with van der Waals surface area (Å²) in [5.74, 6) is -1.63. The van der Waals surface area contributed by atoms with Gasteiger partial charge < -0.3 is 19.3 Å². The van der Waals surface area contributed by atoms with Crippen molar-refractivity contribution in [2.75, 3.05) is 0 Å². The second-order valence-electron chi connectivity index (χ2n) is 3.23. The Balaban J connectivity index is 3.02. The number of aromatic nitrogens is 2. The van der Waals surface area contributed by atoms with E-state index in [1.54, 1.807) is 0 Å². The van der Waals surface area contributed by atoms with E-state index in [2.05, 4.69) is 13.2 Å². The third kappa shape index (κ3) is 5.93. The Morgan fingerprint density at radius 1 is 1.05 bits per heavy atom. The van der Waals surface area contributed by atoms with Gasteiger partial charge in [-0.25, -0.2) is 18.5 Å². The molecule has 0 fully saturated rings. The number of rotatable bonds is 6. The van der Waals surface area contributed by atoms with E-state index in [-0.39, 0.29) is 10.9 Å². The topological polar surface area (TPSA) is 215 Å². The first-order valence-corrected chi connectivity index (χ1v) is 9.08. The van der Waals surface area contributed by atoms with Crippen LogP contribution >= 0.6 is 23.5 Å². The molecule has 0 saturated carbocycles. The smallest absolute Gasteiger partial charge is 0.306 e. The van der Waals surface area contributed by atoms with E-state index in [1.165, 1.54) is 4.98 Å². The molecule has 0 saturated heterocycles. The molecule has 0 aliphatic rings. The van der Waals surface area contributed by atoms with Crippen LogP contribution in [-0.4, -0.2) is 29.3 Å². The van der Waals surface area contributed by atoms with E-state index in [4.69, 9.17) is 19.6 Å². The highest BCUT2D eigenvalue weighted by Gasteiger charge is 2.42. The molecule has 1 heterocycles. The van der Waals surface area contributed by atoms with Crippen LogP contribution in [0.5, 0.6) is 0 Å². The van der Waals surface area contributed by atoms with Gasteiger partial charge in [-0.2, -0.15) is 13.0 Å². The summed E-state index contributed by atoms with van der Waals surface area (Å²) in [6, 6.07) is 0. The zero-order chi connectivity index (χ0) is 17.3. The molecular weight excluding hydrogens is 380 g/mol. The third-order valence-electron chi connectivity index (χ3n) is 1.48. The minimum atomic E-state index is -5.79. The number of halogens is 1. The molecule has 0 radical (unpaired) electrons. The second kappa shape index (κ2) is 6.16. The number of aromatic amines is 1. The average molecular weight is 386 g/mol. The molecule has 2 unspecified atom stereocenters. The maximum Gasteiger partial charge on any atom is 0.555 e. The third-order valence-corrected chi connectivity index (χ3v) is 5.18. The molecule has 18 heteroatoms. The fraction of sp³-hybridized carbons (Fsp3) is 0. The molecule has 22 heavy (non-hydrogen) atoms. The maximum absolute atomic E-state index is 12.9. The lowest BCUT2D eigenvalue weighted by Gasteiger charge is -2.16. The minimum absolute atomic E-state index is 0.000460. The van der Waals surface area contributed by atoms with E-state index < -0.39 is 40.5 Å². The molecule has 1 aromatic heterocycles. The van der Waals surface area contributed by atoms with E-state index in [9.17, 15) is 27.7 Å². The van der Waals surface area contributed by atoms with Crippen molar-refractivity contribution in [3.63, 3.8) is 0 Å². The maximum atomic E-state index is 12.9. The lowest BCUT2D eigenvalue weighted by atomic mass is 10.6. The molecule has 1 aromatic rings. The first-order chi connectivity index (χ1) is 9.71. The van der Waals surface area contributed by atoms with Crippen molar-refractivity contribution < 1.29 is 50.9 Å². The van der Waals surface area contributed by atoms with Gasteiger partial charge in [0.1, 0.15) is 0 Å². The summed E-state index contributed by atoms with van der Waals surface area (Å²) in [5.41, 5.74) is -3.05. The molecule has 2 atom stereocenters. The van der Waals surface area contributed by atoms with Gasteiger partial charge in [0.2, 0.25) is 5.82 Å². The van der Waals surface area contributed by atoms with Gasteiger partial charge in [0.05, 0.1) is 6.20 Å². The molecule has 14 nitrogen and oxygen atoms in total. The summed E-state index contributed by atoms with van der Waals surface area (Å²) in [6.07, 6.45) is -0.000460. The standard InChI is InChI=1S/C4H6FN2O12P3/c5-2-1-7(4(9)6-3(2)8)17-21(13,14)19-22(15,16)18-20(10,11)12/h1H,(H,13,14)(H,15,16)(H,6,8,9)(H2,10,11,12). The first-order valence-electron chi connectivity index (χ1n) is 4.56. The fourth-order valence-electron chi connectivity index (χ4n) is 0.899. The lowest BCUT2D eigenvalue weighted by Crippen LogP contribution is -2.34. The van der Waals surface area contributed by atoms with E-state index in [0.29, 0.717) is 0 Å². The number of H-pyrrole nitrogens is 1. The monoisotopic (exact) mass is 386 g/mol. The number of hydrogen-bond acceptors (Lipinski definition) is 8. The quantitative estimate of drug-likeness (QED) is 0.351. The van der Waals surface area contributed by atoms with Crippen LogP contribution in [0.25, 0.3) is 0 Å². The number of nitrogens with one attached hydrogen (secondary N) is 1. The van der Waals surface area contributed by atoms with E-state index in [0.717, 1.165) is 0 Å². The van der Waals surface area contributed by atoms with Crippen LogP contribution < -0.4 is 15.9 Å². The van der Waals surface area contributed by atoms with E-state index in [1.807, 2.05) is 0 Å². The summed E-state index contributed by atoms with van der Waals surface area (Å²) >= 11 is 0. The lowest BCUT2D eigenvalue weighted by molar-refractivity contribution is 0.151. The zero-order valence-electron chi connectivity index (χ0n) is 9.80. The van der Waals surface area contributed by atoms with Gasteiger partial charge in [0, 0.05) is 0 Å². The second-order valence-corrected chi connectivity index (χ2v) is 7.56. The Kier molecular flexibility index (Phi) is 5.30. The normalized spacial score (nSPS) is 17.5. The summed E-state index contributed by atoms with van der Waals surface area (Å²) < 4.78 is 55.6. The fourth-order valence-corrected chi connectivity index (χ4v) is 3.87. The summed E-state index contributed by atoms with van der Waals surface area (Å²) in [4.78, 5) is 57.5. The molecule has 0 aliphatic heterocycles. The van der Waals surface area contributed by atoms with Crippen LogP contribution in [0.3, 0.4) is 0 Å². The van der Waals surface area contributed by atoms with Crippen molar-refractivity contribution in [2.45, 2.75) is 0 Å². The number of hydrogen-bond donors (Lipinski definition) is 5. The van der Waals surface area contributed by atoms with Gasteiger partial charge in [-0.1, -0.05) is 0 Å². The Hall–Kier alpha value is -1.14. The van der Waals surface area contributed by atoms with E-state index >= 15 is 0 Å². The largest absolute Gasteiger partial charge is 0.555 e. The predicted octanol–water partition coefficient (Wildman–Crippen LogP) is -1.57. The van der Waals surface area contributed by atoms with Crippen molar-refractivity contribution in [1.29, 1.82) is 0 Å². The van der Waals surface area contributed by atoms with Gasteiger partial charge in [0.25, 0.3) is 5.56 Å². The highest BCUT2D eigenvalue weighted by Crippen LogP contribution is 2.65. The Morgan fingerprint density at radius 3 is 2.09 bits per heavy atom. The van der Waals surface area contributed by atoms with Gasteiger partial charge in [-0.15, -0.1) is 4.73 Å². The van der Waals surface area contributed by atoms with Crippen LogP contribution in [0.4, 0.5) is 4.39 Å². The molecule has 0 spiro atoms. The highest BCUT2D eigenvalue weighted by molar-refractivity contribution is 7.66. The predicted molar refractivity (Wildman–Crippen MR) is 61.7 cm³/mol. The zero-order valence-corrected chi connectivity index (χ0v) is 12.5. The van der Waals surface area contributed by atoms with Crippen molar-refractivity contribution in [3.05, 3.63) is 32.9 Å². The van der Waals surface area contributed by atoms with Crippen molar-refractivity contribution in [2.24, 2.45) is 0 Å². The van der Waals surface area contributed by atoms with Crippen LogP contribution in [0.1, 0.15) is 0 Å². The number of nitrogens with zero attached hydrogens (tertiary/aromatic N) is 1. The Labute approximate surface area is 118 Å². The minimum Gasteiger partial charge on any atom is -0.306 e. The van der Waals surface area contributed by atoms with Crippen molar-refractivity contribution in [1.82, 2.24) is 9.71 Å². The molecule has 1 rings (SSSR count). The van der Waals surface area contributed by atoms with Crippen LogP contribution in [0.2, 0.25) is 0 Å². The number of phosphoric acid groups is 3. The van der Waals surface area contributed by atoms with Gasteiger partial charge in [0.15, 0.2) is 0 Å². The Bertz CT molecular complexity index is 820. The molecule has 0 amide bonds. The molecule has 5 N–H and O–H groups in total. The van der Waals surface area contributed by atoms with Crippen molar-refractivity contribution >= 4 is 23.5 Å². The molecule has 0 aromatic carbocycles. The summed E-state index contributed by atoms with van der Waals surface area (Å²) in [7, 11) is -17.1.